The van der Waals surface area contributed by atoms with E-state index in [2.05, 4.69) is 52.0 Å². The van der Waals surface area contributed by atoms with Gasteiger partial charge >= 0.3 is 0 Å². The minimum atomic E-state index is 0.593. The van der Waals surface area contributed by atoms with Crippen LogP contribution in [0.3, 0.4) is 0 Å². The van der Waals surface area contributed by atoms with Crippen LogP contribution in [0.15, 0.2) is 12.4 Å². The van der Waals surface area contributed by atoms with Crippen LogP contribution in [0.1, 0.15) is 33.1 Å². The second kappa shape index (κ2) is 8.39. The van der Waals surface area contributed by atoms with Crippen LogP contribution in [-0.4, -0.2) is 65.4 Å². The van der Waals surface area contributed by atoms with Crippen LogP contribution >= 0.6 is 0 Å². The smallest absolute Gasteiger partial charge is 0.0728 e. The van der Waals surface area contributed by atoms with Crippen molar-refractivity contribution >= 4 is 5.69 Å². The highest BCUT2D eigenvalue weighted by atomic mass is 15.3. The maximum atomic E-state index is 4.48. The second-order valence-corrected chi connectivity index (χ2v) is 6.09. The van der Waals surface area contributed by atoms with Crippen molar-refractivity contribution in [1.29, 1.82) is 0 Å². The third-order valence-corrected chi connectivity index (χ3v) is 4.50. The topological polar surface area (TPSA) is 36.3 Å². The van der Waals surface area contributed by atoms with E-state index in [1.165, 1.54) is 38.0 Å². The van der Waals surface area contributed by atoms with E-state index < -0.39 is 0 Å². The van der Waals surface area contributed by atoms with Crippen molar-refractivity contribution in [3.8, 4) is 0 Å². The van der Waals surface area contributed by atoms with E-state index in [-0.39, 0.29) is 0 Å². The molecule has 1 aromatic rings. The third kappa shape index (κ3) is 5.32. The van der Waals surface area contributed by atoms with Gasteiger partial charge in [-0.3, -0.25) is 4.68 Å². The van der Waals surface area contributed by atoms with Crippen LogP contribution < -0.4 is 5.32 Å². The summed E-state index contributed by atoms with van der Waals surface area (Å²) in [5, 5.41) is 8.13. The molecule has 5 heteroatoms. The Balaban J connectivity index is 1.79. The largest absolute Gasteiger partial charge is 0.380 e. The molecule has 0 bridgehead atoms. The van der Waals surface area contributed by atoms with Gasteiger partial charge in [0.1, 0.15) is 0 Å². The zero-order valence-electron chi connectivity index (χ0n) is 13.9. The zero-order chi connectivity index (χ0) is 15.1. The molecule has 1 saturated heterocycles. The zero-order valence-corrected chi connectivity index (χ0v) is 13.9. The summed E-state index contributed by atoms with van der Waals surface area (Å²) in [6.07, 6.45) is 7.88. The van der Waals surface area contributed by atoms with E-state index in [1.807, 2.05) is 6.20 Å². The Kier molecular flexibility index (Phi) is 6.51. The lowest BCUT2D eigenvalue weighted by Gasteiger charge is -2.18. The molecule has 0 amide bonds. The molecule has 0 spiro atoms. The van der Waals surface area contributed by atoms with Gasteiger partial charge in [-0.1, -0.05) is 13.8 Å². The van der Waals surface area contributed by atoms with Gasteiger partial charge in [0.15, 0.2) is 0 Å². The first-order chi connectivity index (χ1) is 10.2. The minimum Gasteiger partial charge on any atom is -0.380 e. The number of nitrogens with zero attached hydrogens (tertiary/aromatic N) is 4. The van der Waals surface area contributed by atoms with Crippen molar-refractivity contribution in [2.45, 2.75) is 45.7 Å². The average Bonchev–Trinajstić information content (AvgIpc) is 2.83. The highest BCUT2D eigenvalue weighted by Gasteiger charge is 2.15. The summed E-state index contributed by atoms with van der Waals surface area (Å²) < 4.78 is 2.06. The third-order valence-electron chi connectivity index (χ3n) is 4.50. The van der Waals surface area contributed by atoms with Crippen LogP contribution in [0.2, 0.25) is 0 Å². The SMILES string of the molecule is CCN(CC)CCn1cc(NC2CCCN(C)CC2)cn1. The lowest BCUT2D eigenvalue weighted by atomic mass is 10.1. The first-order valence-electron chi connectivity index (χ1n) is 8.41. The van der Waals surface area contributed by atoms with Crippen molar-refractivity contribution < 1.29 is 0 Å². The van der Waals surface area contributed by atoms with Gasteiger partial charge in [0.05, 0.1) is 18.4 Å². The summed E-state index contributed by atoms with van der Waals surface area (Å²) in [7, 11) is 2.22. The molecule has 1 aliphatic rings. The molecule has 0 aliphatic carbocycles. The van der Waals surface area contributed by atoms with Crippen molar-refractivity contribution in [3.05, 3.63) is 12.4 Å². The van der Waals surface area contributed by atoms with Gasteiger partial charge in [0, 0.05) is 18.8 Å². The van der Waals surface area contributed by atoms with E-state index in [9.17, 15) is 0 Å². The number of hydrogen-bond donors (Lipinski definition) is 1. The summed E-state index contributed by atoms with van der Waals surface area (Å²) in [6.45, 7) is 11.1. The number of likely N-dealkylation sites (tertiary alicyclic amines) is 1. The average molecular weight is 293 g/mol. The van der Waals surface area contributed by atoms with Crippen LogP contribution in [0.5, 0.6) is 0 Å². The quantitative estimate of drug-likeness (QED) is 0.835. The number of aromatic nitrogens is 2. The molecular formula is C16H31N5. The Morgan fingerprint density at radius 3 is 2.86 bits per heavy atom. The summed E-state index contributed by atoms with van der Waals surface area (Å²) in [6, 6.07) is 0.593. The highest BCUT2D eigenvalue weighted by Crippen LogP contribution is 2.15. The maximum Gasteiger partial charge on any atom is 0.0728 e. The van der Waals surface area contributed by atoms with Gasteiger partial charge in [-0.2, -0.15) is 5.10 Å². The molecule has 21 heavy (non-hydrogen) atoms. The van der Waals surface area contributed by atoms with Crippen molar-refractivity contribution in [3.63, 3.8) is 0 Å². The van der Waals surface area contributed by atoms with E-state index >= 15 is 0 Å². The van der Waals surface area contributed by atoms with Crippen molar-refractivity contribution in [2.75, 3.05) is 45.1 Å². The van der Waals surface area contributed by atoms with Crippen LogP contribution in [0, 0.1) is 0 Å². The molecule has 2 rings (SSSR count). The van der Waals surface area contributed by atoms with Gasteiger partial charge in [-0.15, -0.1) is 0 Å². The lowest BCUT2D eigenvalue weighted by molar-refractivity contribution is 0.285. The summed E-state index contributed by atoms with van der Waals surface area (Å²) in [5.41, 5.74) is 1.17. The second-order valence-electron chi connectivity index (χ2n) is 6.09. The van der Waals surface area contributed by atoms with E-state index in [1.54, 1.807) is 0 Å². The predicted molar refractivity (Wildman–Crippen MR) is 88.8 cm³/mol. The standard InChI is InChI=1S/C16H31N5/c1-4-20(5-2)11-12-21-14-16(13-17-21)18-15-7-6-9-19(3)10-8-15/h13-15,18H,4-12H2,1-3H3. The number of likely N-dealkylation sites (N-methyl/N-ethyl adjacent to an activating group) is 1. The van der Waals surface area contributed by atoms with Gasteiger partial charge in [-0.25, -0.2) is 0 Å². The van der Waals surface area contributed by atoms with Gasteiger partial charge in [0.2, 0.25) is 0 Å². The lowest BCUT2D eigenvalue weighted by Crippen LogP contribution is -2.27. The van der Waals surface area contributed by atoms with Gasteiger partial charge in [-0.05, 0) is 52.5 Å². The molecule has 2 heterocycles. The monoisotopic (exact) mass is 293 g/mol. The molecule has 1 N–H and O–H groups in total. The first kappa shape index (κ1) is 16.3. The Bertz CT molecular complexity index is 399. The molecule has 0 aromatic carbocycles. The van der Waals surface area contributed by atoms with Crippen LogP contribution in [0.4, 0.5) is 5.69 Å². The maximum absolute atomic E-state index is 4.48. The molecule has 0 saturated carbocycles. The number of nitrogens with one attached hydrogen (secondary N) is 1. The van der Waals surface area contributed by atoms with Crippen molar-refractivity contribution in [2.24, 2.45) is 0 Å². The molecule has 0 radical (unpaired) electrons. The van der Waals surface area contributed by atoms with Gasteiger partial charge in [0.25, 0.3) is 0 Å². The molecule has 1 unspecified atom stereocenters. The molecule has 5 nitrogen and oxygen atoms in total. The Labute approximate surface area is 129 Å². The molecule has 1 aliphatic heterocycles. The predicted octanol–water partition coefficient (Wildman–Crippen LogP) is 2.12. The molecule has 120 valence electrons. The molecule has 1 fully saturated rings. The molecule has 1 atom stereocenters. The van der Waals surface area contributed by atoms with Crippen LogP contribution in [-0.2, 0) is 6.54 Å². The highest BCUT2D eigenvalue weighted by molar-refractivity contribution is 5.39. The van der Waals surface area contributed by atoms with Gasteiger partial charge < -0.3 is 15.1 Å². The van der Waals surface area contributed by atoms with E-state index in [0.29, 0.717) is 6.04 Å². The molecular weight excluding hydrogens is 262 g/mol. The van der Waals surface area contributed by atoms with Crippen molar-refractivity contribution in [1.82, 2.24) is 19.6 Å². The minimum absolute atomic E-state index is 0.593. The van der Waals surface area contributed by atoms with Crippen LogP contribution in [0.25, 0.3) is 0 Å². The first-order valence-corrected chi connectivity index (χ1v) is 8.41. The fraction of sp³-hybridized carbons (Fsp3) is 0.812. The number of hydrogen-bond acceptors (Lipinski definition) is 4. The fourth-order valence-electron chi connectivity index (χ4n) is 2.96. The Hall–Kier alpha value is -1.07. The summed E-state index contributed by atoms with van der Waals surface area (Å²) in [4.78, 5) is 4.85. The Morgan fingerprint density at radius 1 is 1.29 bits per heavy atom. The number of anilines is 1. The molecule has 1 aromatic heterocycles. The Morgan fingerprint density at radius 2 is 2.10 bits per heavy atom. The summed E-state index contributed by atoms with van der Waals surface area (Å²) >= 11 is 0. The van der Waals surface area contributed by atoms with E-state index in [4.69, 9.17) is 0 Å². The van der Waals surface area contributed by atoms with E-state index in [0.717, 1.165) is 26.2 Å². The number of rotatable bonds is 7. The fourth-order valence-corrected chi connectivity index (χ4v) is 2.96. The summed E-state index contributed by atoms with van der Waals surface area (Å²) in [5.74, 6) is 0. The normalized spacial score (nSPS) is 20.7.